The monoisotopic (exact) mass is 327 g/mol. The smallest absolute Gasteiger partial charge is 0.0614 e. The maximum absolute atomic E-state index is 3.65. The van der Waals surface area contributed by atoms with Gasteiger partial charge in [-0.1, -0.05) is 15.9 Å². The third kappa shape index (κ3) is 1.48. The number of nitrogens with one attached hydrogen (secondary N) is 1. The van der Waals surface area contributed by atoms with Crippen molar-refractivity contribution in [2.45, 2.75) is 25.7 Å². The summed E-state index contributed by atoms with van der Waals surface area (Å²) in [5.74, 6) is 0. The lowest BCUT2D eigenvalue weighted by molar-refractivity contribution is 0.680. The number of rotatable bonds is 0. The van der Waals surface area contributed by atoms with E-state index < -0.39 is 0 Å². The summed E-state index contributed by atoms with van der Waals surface area (Å²) in [6, 6.07) is 4.21. The van der Waals surface area contributed by atoms with E-state index in [4.69, 9.17) is 0 Å². The zero-order chi connectivity index (χ0) is 10.4. The van der Waals surface area contributed by atoms with Gasteiger partial charge in [-0.25, -0.2) is 0 Å². The molecule has 15 heavy (non-hydrogen) atoms. The average Bonchev–Trinajstić information content (AvgIpc) is 2.64. The van der Waals surface area contributed by atoms with E-state index in [-0.39, 0.29) is 0 Å². The summed E-state index contributed by atoms with van der Waals surface area (Å²) in [5, 5.41) is 1.37. The molecule has 0 radical (unpaired) electrons. The molecule has 1 heterocycles. The predicted molar refractivity (Wildman–Crippen MR) is 70.3 cm³/mol. The Kier molecular flexibility index (Phi) is 2.40. The van der Waals surface area contributed by atoms with Crippen molar-refractivity contribution in [1.82, 2.24) is 4.98 Å². The van der Waals surface area contributed by atoms with Crippen LogP contribution < -0.4 is 0 Å². The lowest BCUT2D eigenvalue weighted by Gasteiger charge is -2.10. The third-order valence-corrected chi connectivity index (χ3v) is 4.47. The highest BCUT2D eigenvalue weighted by Gasteiger charge is 2.18. The van der Waals surface area contributed by atoms with Gasteiger partial charge < -0.3 is 4.98 Å². The van der Waals surface area contributed by atoms with Gasteiger partial charge in [0, 0.05) is 20.0 Å². The second kappa shape index (κ2) is 3.63. The molecule has 1 aliphatic carbocycles. The van der Waals surface area contributed by atoms with Crippen LogP contribution in [0.25, 0.3) is 10.9 Å². The van der Waals surface area contributed by atoms with Crippen molar-refractivity contribution >= 4 is 42.8 Å². The van der Waals surface area contributed by atoms with Crippen molar-refractivity contribution in [3.8, 4) is 0 Å². The summed E-state index contributed by atoms with van der Waals surface area (Å²) in [6.45, 7) is 0. The number of fused-ring (bicyclic) bond motifs is 3. The molecule has 0 bridgehead atoms. The number of benzene rings is 1. The number of hydrogen-bond donors (Lipinski definition) is 1. The first kappa shape index (κ1) is 9.91. The second-order valence-corrected chi connectivity index (χ2v) is 5.78. The Hall–Kier alpha value is -0.280. The van der Waals surface area contributed by atoms with E-state index in [1.165, 1.54) is 52.3 Å². The standard InChI is InChI=1S/C12H11Br2N/c13-8-5-6-9(14)12-11(8)7-3-1-2-4-10(7)15-12/h5-6,15H,1-4H2. The third-order valence-electron chi connectivity index (χ3n) is 3.15. The van der Waals surface area contributed by atoms with E-state index in [0.717, 1.165) is 4.47 Å². The minimum absolute atomic E-state index is 1.16. The number of halogens is 2. The number of aromatic amines is 1. The minimum Gasteiger partial charge on any atom is -0.357 e. The van der Waals surface area contributed by atoms with Gasteiger partial charge in [0.25, 0.3) is 0 Å². The molecular weight excluding hydrogens is 318 g/mol. The molecule has 1 aliphatic rings. The van der Waals surface area contributed by atoms with Gasteiger partial charge in [-0.2, -0.15) is 0 Å². The fourth-order valence-electron chi connectivity index (χ4n) is 2.44. The van der Waals surface area contributed by atoms with E-state index in [2.05, 4.69) is 49.0 Å². The average molecular weight is 329 g/mol. The summed E-state index contributed by atoms with van der Waals surface area (Å²) in [4.78, 5) is 3.55. The number of H-pyrrole nitrogens is 1. The Balaban J connectivity index is 2.41. The first-order chi connectivity index (χ1) is 7.27. The van der Waals surface area contributed by atoms with Gasteiger partial charge >= 0.3 is 0 Å². The van der Waals surface area contributed by atoms with Crippen molar-refractivity contribution in [3.63, 3.8) is 0 Å². The molecule has 0 aliphatic heterocycles. The lowest BCUT2D eigenvalue weighted by Crippen LogP contribution is -2.00. The fourth-order valence-corrected chi connectivity index (χ4v) is 3.44. The molecule has 1 nitrogen and oxygen atoms in total. The van der Waals surface area contributed by atoms with Crippen molar-refractivity contribution in [1.29, 1.82) is 0 Å². The van der Waals surface area contributed by atoms with E-state index in [1.807, 2.05) is 0 Å². The highest BCUT2D eigenvalue weighted by Crippen LogP contribution is 2.37. The summed E-state index contributed by atoms with van der Waals surface area (Å²) in [5.41, 5.74) is 4.20. The predicted octanol–water partition coefficient (Wildman–Crippen LogP) is 4.57. The lowest BCUT2D eigenvalue weighted by atomic mass is 9.96. The van der Waals surface area contributed by atoms with Crippen LogP contribution in [0.2, 0.25) is 0 Å². The molecule has 0 atom stereocenters. The van der Waals surface area contributed by atoms with E-state index in [0.29, 0.717) is 0 Å². The van der Waals surface area contributed by atoms with Crippen molar-refractivity contribution < 1.29 is 0 Å². The maximum Gasteiger partial charge on any atom is 0.0614 e. The maximum atomic E-state index is 3.65. The molecule has 0 spiro atoms. The Morgan fingerprint density at radius 1 is 1.00 bits per heavy atom. The molecule has 2 aromatic rings. The summed E-state index contributed by atoms with van der Waals surface area (Å²) in [6.07, 6.45) is 5.04. The zero-order valence-electron chi connectivity index (χ0n) is 8.24. The summed E-state index contributed by atoms with van der Waals surface area (Å²) in [7, 11) is 0. The SMILES string of the molecule is Brc1ccc(Br)c2c3c([nH]c12)CCCC3. The Morgan fingerprint density at radius 2 is 1.73 bits per heavy atom. The molecule has 0 saturated carbocycles. The van der Waals surface area contributed by atoms with Gasteiger partial charge in [0.15, 0.2) is 0 Å². The van der Waals surface area contributed by atoms with Gasteiger partial charge in [-0.15, -0.1) is 0 Å². The highest BCUT2D eigenvalue weighted by molar-refractivity contribution is 9.11. The topological polar surface area (TPSA) is 15.8 Å². The van der Waals surface area contributed by atoms with E-state index >= 15 is 0 Å². The molecule has 0 amide bonds. The summed E-state index contributed by atoms with van der Waals surface area (Å²) >= 11 is 7.25. The van der Waals surface area contributed by atoms with Gasteiger partial charge in [-0.05, 0) is 59.3 Å². The largest absolute Gasteiger partial charge is 0.357 e. The van der Waals surface area contributed by atoms with Crippen LogP contribution in [-0.2, 0) is 12.8 Å². The minimum atomic E-state index is 1.16. The first-order valence-electron chi connectivity index (χ1n) is 5.25. The molecule has 0 fully saturated rings. The molecule has 3 heteroatoms. The molecule has 78 valence electrons. The van der Waals surface area contributed by atoms with Gasteiger partial charge in [0.05, 0.1) is 5.52 Å². The zero-order valence-corrected chi connectivity index (χ0v) is 11.4. The van der Waals surface area contributed by atoms with Crippen LogP contribution in [0.15, 0.2) is 21.1 Å². The molecule has 3 rings (SSSR count). The van der Waals surface area contributed by atoms with Crippen molar-refractivity contribution in [3.05, 3.63) is 32.3 Å². The van der Waals surface area contributed by atoms with Gasteiger partial charge in [-0.3, -0.25) is 0 Å². The van der Waals surface area contributed by atoms with Crippen LogP contribution in [0.4, 0.5) is 0 Å². The Labute approximate surface area is 106 Å². The van der Waals surface area contributed by atoms with Crippen LogP contribution in [-0.4, -0.2) is 4.98 Å². The highest BCUT2D eigenvalue weighted by atomic mass is 79.9. The molecule has 0 saturated heterocycles. The van der Waals surface area contributed by atoms with Crippen LogP contribution in [0, 0.1) is 0 Å². The van der Waals surface area contributed by atoms with Gasteiger partial charge in [0.1, 0.15) is 0 Å². The van der Waals surface area contributed by atoms with Crippen molar-refractivity contribution in [2.75, 3.05) is 0 Å². The fraction of sp³-hybridized carbons (Fsp3) is 0.333. The Morgan fingerprint density at radius 3 is 2.60 bits per heavy atom. The Bertz CT molecular complexity index is 528. The first-order valence-corrected chi connectivity index (χ1v) is 6.83. The number of aryl methyl sites for hydroxylation is 2. The normalized spacial score (nSPS) is 15.6. The molecular formula is C12H11Br2N. The summed E-state index contributed by atoms with van der Waals surface area (Å²) < 4.78 is 2.37. The molecule has 1 N–H and O–H groups in total. The quantitative estimate of drug-likeness (QED) is 0.729. The second-order valence-electron chi connectivity index (χ2n) is 4.07. The number of aromatic nitrogens is 1. The van der Waals surface area contributed by atoms with Crippen molar-refractivity contribution in [2.24, 2.45) is 0 Å². The molecule has 1 aromatic carbocycles. The van der Waals surface area contributed by atoms with E-state index in [9.17, 15) is 0 Å². The van der Waals surface area contributed by atoms with Crippen LogP contribution in [0.5, 0.6) is 0 Å². The van der Waals surface area contributed by atoms with Gasteiger partial charge in [0.2, 0.25) is 0 Å². The van der Waals surface area contributed by atoms with E-state index in [1.54, 1.807) is 0 Å². The molecule has 0 unspecified atom stereocenters. The van der Waals surface area contributed by atoms with Crippen LogP contribution in [0.3, 0.4) is 0 Å². The molecule has 1 aromatic heterocycles. The van der Waals surface area contributed by atoms with Crippen LogP contribution >= 0.6 is 31.9 Å². The van der Waals surface area contributed by atoms with Crippen LogP contribution in [0.1, 0.15) is 24.1 Å². The number of hydrogen-bond acceptors (Lipinski definition) is 0.